The highest BCUT2D eigenvalue weighted by Gasteiger charge is 2.28. The maximum atomic E-state index is 14.1. The number of carbonyl (C=O) groups is 2. The Morgan fingerprint density at radius 2 is 1.54 bits per heavy atom. The third-order valence-corrected chi connectivity index (χ3v) is 9.77. The van der Waals surface area contributed by atoms with Crippen molar-refractivity contribution in [1.82, 2.24) is 9.58 Å². The van der Waals surface area contributed by atoms with Crippen molar-refractivity contribution in [3.63, 3.8) is 0 Å². The van der Waals surface area contributed by atoms with Crippen molar-refractivity contribution in [2.24, 2.45) is 28.0 Å². The number of allylic oxidation sites excluding steroid dienone is 2. The van der Waals surface area contributed by atoms with Gasteiger partial charge in [-0.2, -0.15) is 15.1 Å². The predicted molar refractivity (Wildman–Crippen MR) is 206 cm³/mol. The van der Waals surface area contributed by atoms with Crippen LogP contribution in [0.3, 0.4) is 0 Å². The lowest BCUT2D eigenvalue weighted by Gasteiger charge is -2.33. The molecule has 1 aromatic heterocycles. The Kier molecular flexibility index (Phi) is 15.1. The molecule has 2 aromatic carbocycles. The van der Waals surface area contributed by atoms with Crippen molar-refractivity contribution in [2.45, 2.75) is 85.5 Å². The van der Waals surface area contributed by atoms with Gasteiger partial charge in [-0.25, -0.2) is 0 Å². The van der Waals surface area contributed by atoms with Crippen molar-refractivity contribution < 1.29 is 14.7 Å². The molecular formula is C42H52N6O4. The van der Waals surface area contributed by atoms with Gasteiger partial charge in [-0.05, 0) is 54.9 Å². The van der Waals surface area contributed by atoms with Crippen LogP contribution in [0.2, 0.25) is 0 Å². The number of pyridine rings is 1. The molecule has 0 spiro atoms. The number of nitriles is 1. The van der Waals surface area contributed by atoms with Gasteiger partial charge in [0, 0.05) is 24.2 Å². The standard InChI is InChI=1S/C42H52N6O4/c1-5-9-17-30(7-3)28-47(29-31(8-4)18-10-6-2)40(50)34-23-25-35(26-24-34)44-45-38-37(32-19-13-11-14-20-32)36(27-43)41(51)48(42(38)52)46-39(49)33-21-15-12-16-22-33/h11-16,19-23,25-26,30-31,34,51H,5-10,17-18,24,28-29H2,1-4H3,(H,46,49). The summed E-state index contributed by atoms with van der Waals surface area (Å²) in [5.41, 5.74) is 2.31. The van der Waals surface area contributed by atoms with Gasteiger partial charge in [-0.3, -0.25) is 19.8 Å². The largest absolute Gasteiger partial charge is 0.492 e. The van der Waals surface area contributed by atoms with E-state index in [1.165, 1.54) is 0 Å². The van der Waals surface area contributed by atoms with Crippen LogP contribution in [0.15, 0.2) is 99.6 Å². The number of aromatic nitrogens is 1. The molecule has 2 N–H and O–H groups in total. The van der Waals surface area contributed by atoms with Crippen molar-refractivity contribution in [2.75, 3.05) is 18.5 Å². The molecule has 0 fully saturated rings. The second-order valence-corrected chi connectivity index (χ2v) is 13.5. The Morgan fingerprint density at radius 3 is 2.06 bits per heavy atom. The Hall–Kier alpha value is -5.30. The van der Waals surface area contributed by atoms with E-state index in [1.807, 2.05) is 18.2 Å². The SMILES string of the molecule is CCCCC(CC)CN(CC(CC)CCCC)C(=O)C1C=CC(N=Nc2c(-c3ccccc3)c(C#N)c(O)n(NC(=O)c3ccccc3)c2=O)=CC1. The number of amides is 2. The zero-order valence-corrected chi connectivity index (χ0v) is 30.9. The molecule has 0 radical (unpaired) electrons. The number of benzene rings is 2. The van der Waals surface area contributed by atoms with Crippen LogP contribution in [-0.2, 0) is 4.79 Å². The second kappa shape index (κ2) is 19.9. The first kappa shape index (κ1) is 39.5. The van der Waals surface area contributed by atoms with Crippen LogP contribution >= 0.6 is 0 Å². The highest BCUT2D eigenvalue weighted by Crippen LogP contribution is 2.36. The molecule has 1 aliphatic carbocycles. The van der Waals surface area contributed by atoms with E-state index in [9.17, 15) is 24.8 Å². The number of nitrogens with zero attached hydrogens (tertiary/aromatic N) is 5. The summed E-state index contributed by atoms with van der Waals surface area (Å²) in [6, 6.07) is 18.8. The van der Waals surface area contributed by atoms with E-state index in [1.54, 1.807) is 66.7 Å². The van der Waals surface area contributed by atoms with Gasteiger partial charge >= 0.3 is 5.56 Å². The lowest BCUT2D eigenvalue weighted by Crippen LogP contribution is -2.42. The Bertz CT molecular complexity index is 1820. The molecule has 4 rings (SSSR count). The number of carbonyl (C=O) groups excluding carboxylic acids is 2. The van der Waals surface area contributed by atoms with E-state index in [0.29, 0.717) is 34.2 Å². The number of rotatable bonds is 18. The maximum absolute atomic E-state index is 14.1. The van der Waals surface area contributed by atoms with Crippen LogP contribution < -0.4 is 11.0 Å². The third kappa shape index (κ3) is 10.2. The quantitative estimate of drug-likeness (QED) is 0.127. The third-order valence-electron chi connectivity index (χ3n) is 9.77. The first-order valence-electron chi connectivity index (χ1n) is 18.7. The van der Waals surface area contributed by atoms with Crippen LogP contribution in [0, 0.1) is 29.1 Å². The summed E-state index contributed by atoms with van der Waals surface area (Å²) in [7, 11) is 0. The van der Waals surface area contributed by atoms with Crippen LogP contribution in [0.5, 0.6) is 5.88 Å². The van der Waals surface area contributed by atoms with Gasteiger partial charge in [0.05, 0.1) is 11.6 Å². The molecule has 52 heavy (non-hydrogen) atoms. The Balaban J connectivity index is 1.64. The maximum Gasteiger partial charge on any atom is 0.300 e. The molecule has 3 aromatic rings. The van der Waals surface area contributed by atoms with Crippen molar-refractivity contribution in [3.05, 3.63) is 106 Å². The van der Waals surface area contributed by atoms with Crippen LogP contribution in [0.25, 0.3) is 11.1 Å². The number of hydrogen-bond donors (Lipinski definition) is 2. The molecule has 3 atom stereocenters. The molecule has 0 saturated heterocycles. The normalized spacial score (nSPS) is 15.1. The zero-order chi connectivity index (χ0) is 37.5. The summed E-state index contributed by atoms with van der Waals surface area (Å²) in [5.74, 6) is -0.680. The van der Waals surface area contributed by atoms with Gasteiger partial charge in [0.2, 0.25) is 11.8 Å². The molecule has 3 unspecified atom stereocenters. The topological polar surface area (TPSA) is 140 Å². The van der Waals surface area contributed by atoms with Gasteiger partial charge in [0.1, 0.15) is 11.6 Å². The predicted octanol–water partition coefficient (Wildman–Crippen LogP) is 9.28. The summed E-state index contributed by atoms with van der Waals surface area (Å²) >= 11 is 0. The minimum atomic E-state index is -0.866. The zero-order valence-electron chi connectivity index (χ0n) is 30.9. The van der Waals surface area contributed by atoms with Gasteiger partial charge < -0.3 is 10.0 Å². The first-order valence-corrected chi connectivity index (χ1v) is 18.7. The molecule has 274 valence electrons. The molecule has 1 aliphatic rings. The summed E-state index contributed by atoms with van der Waals surface area (Å²) < 4.78 is 0.622. The molecule has 0 bridgehead atoms. The fraction of sp³-hybridized carbons (Fsp3) is 0.429. The minimum absolute atomic E-state index is 0.0887. The van der Waals surface area contributed by atoms with E-state index in [-0.39, 0.29) is 34.2 Å². The van der Waals surface area contributed by atoms with Crippen LogP contribution in [0.4, 0.5) is 5.69 Å². The molecule has 2 amide bonds. The number of aromatic hydroxyl groups is 1. The summed E-state index contributed by atoms with van der Waals surface area (Å²) in [6.07, 6.45) is 14.7. The molecular weight excluding hydrogens is 653 g/mol. The van der Waals surface area contributed by atoms with E-state index in [0.717, 1.165) is 64.5 Å². The highest BCUT2D eigenvalue weighted by atomic mass is 16.3. The van der Waals surface area contributed by atoms with E-state index < -0.39 is 17.3 Å². The minimum Gasteiger partial charge on any atom is -0.492 e. The lowest BCUT2D eigenvalue weighted by molar-refractivity contribution is -0.135. The number of hydrogen-bond acceptors (Lipinski definition) is 7. The molecule has 0 saturated carbocycles. The summed E-state index contributed by atoms with van der Waals surface area (Å²) in [6.45, 7) is 10.3. The molecule has 10 heteroatoms. The summed E-state index contributed by atoms with van der Waals surface area (Å²) in [4.78, 5) is 43.1. The fourth-order valence-corrected chi connectivity index (χ4v) is 6.52. The van der Waals surface area contributed by atoms with Crippen molar-refractivity contribution >= 4 is 17.5 Å². The lowest BCUT2D eigenvalue weighted by atomic mass is 9.93. The van der Waals surface area contributed by atoms with Gasteiger partial charge in [0.15, 0.2) is 5.69 Å². The van der Waals surface area contributed by atoms with Crippen molar-refractivity contribution in [3.8, 4) is 23.1 Å². The average Bonchev–Trinajstić information content (AvgIpc) is 3.18. The van der Waals surface area contributed by atoms with Gasteiger partial charge in [-0.1, -0.05) is 127 Å². The fourth-order valence-electron chi connectivity index (χ4n) is 6.52. The van der Waals surface area contributed by atoms with Gasteiger partial charge in [0.25, 0.3) is 5.91 Å². The highest BCUT2D eigenvalue weighted by molar-refractivity contribution is 6.00. The average molecular weight is 705 g/mol. The van der Waals surface area contributed by atoms with E-state index >= 15 is 0 Å². The molecule has 10 nitrogen and oxygen atoms in total. The summed E-state index contributed by atoms with van der Waals surface area (Å²) in [5, 5.41) is 29.9. The van der Waals surface area contributed by atoms with E-state index in [2.05, 4.69) is 48.2 Å². The Morgan fingerprint density at radius 1 is 0.942 bits per heavy atom. The number of azo groups is 1. The molecule has 0 aliphatic heterocycles. The second-order valence-electron chi connectivity index (χ2n) is 13.5. The van der Waals surface area contributed by atoms with Crippen LogP contribution in [-0.4, -0.2) is 39.6 Å². The first-order chi connectivity index (χ1) is 25.3. The Labute approximate surface area is 307 Å². The van der Waals surface area contributed by atoms with Crippen LogP contribution in [0.1, 0.15) is 101 Å². The number of nitrogens with one attached hydrogen (secondary N) is 1. The smallest absolute Gasteiger partial charge is 0.300 e. The van der Waals surface area contributed by atoms with Gasteiger partial charge in [-0.15, -0.1) is 5.11 Å². The monoisotopic (exact) mass is 704 g/mol. The van der Waals surface area contributed by atoms with Crippen molar-refractivity contribution in [1.29, 1.82) is 5.26 Å². The van der Waals surface area contributed by atoms with E-state index in [4.69, 9.17) is 0 Å². The molecule has 1 heterocycles. The number of unbranched alkanes of at least 4 members (excludes halogenated alkanes) is 2.